The third-order valence-corrected chi connectivity index (χ3v) is 7.91. The van der Waals surface area contributed by atoms with E-state index >= 15 is 0 Å². The van der Waals surface area contributed by atoms with Crippen LogP contribution in [0.25, 0.3) is 11.2 Å². The number of carbonyl (C=O) groups is 1. The molecule has 0 bridgehead atoms. The van der Waals surface area contributed by atoms with E-state index in [4.69, 9.17) is 21.3 Å². The molecular formula is C29H27ClFN7O3. The number of fused-ring (bicyclic) bond motifs is 1. The third kappa shape index (κ3) is 5.99. The van der Waals surface area contributed by atoms with Gasteiger partial charge in [-0.1, -0.05) is 17.7 Å². The molecule has 6 rings (SSSR count). The monoisotopic (exact) mass is 575 g/mol. The summed E-state index contributed by atoms with van der Waals surface area (Å²) < 4.78 is 22.3. The predicted molar refractivity (Wildman–Crippen MR) is 147 cm³/mol. The maximum atomic E-state index is 14.2. The van der Waals surface area contributed by atoms with Gasteiger partial charge in [0.1, 0.15) is 29.1 Å². The van der Waals surface area contributed by atoms with Crippen LogP contribution in [0.1, 0.15) is 53.4 Å². The number of pyridine rings is 1. The van der Waals surface area contributed by atoms with Gasteiger partial charge in [0.15, 0.2) is 11.3 Å². The summed E-state index contributed by atoms with van der Waals surface area (Å²) in [4.78, 5) is 31.7. The number of nitrogens with zero attached hydrogens (tertiary/aromatic N) is 7. The average molecular weight is 576 g/mol. The molecule has 1 aromatic carbocycles. The molecule has 0 radical (unpaired) electrons. The lowest BCUT2D eigenvalue weighted by molar-refractivity contribution is 0.0691. The summed E-state index contributed by atoms with van der Waals surface area (Å²) >= 11 is 5.85. The lowest BCUT2D eigenvalue weighted by atomic mass is 10.1. The maximum Gasteiger partial charge on any atom is 0.354 e. The number of nitriles is 1. The Kier molecular flexibility index (Phi) is 7.28. The summed E-state index contributed by atoms with van der Waals surface area (Å²) in [6, 6.07) is 11.8. The maximum absolute atomic E-state index is 14.2. The van der Waals surface area contributed by atoms with Crippen molar-refractivity contribution < 1.29 is 19.0 Å². The van der Waals surface area contributed by atoms with Gasteiger partial charge >= 0.3 is 5.97 Å². The highest BCUT2D eigenvalue weighted by molar-refractivity contribution is 6.30. The summed E-state index contributed by atoms with van der Waals surface area (Å²) in [7, 11) is 0. The third-order valence-electron chi connectivity index (χ3n) is 7.67. The molecule has 4 aromatic rings. The van der Waals surface area contributed by atoms with E-state index in [0.29, 0.717) is 46.5 Å². The molecule has 1 aliphatic carbocycles. The van der Waals surface area contributed by atoms with Crippen molar-refractivity contribution >= 4 is 28.7 Å². The first kappa shape index (κ1) is 27.1. The topological polar surface area (TPSA) is 130 Å². The van der Waals surface area contributed by atoms with Crippen LogP contribution in [0, 0.1) is 22.6 Å². The second-order valence-corrected chi connectivity index (χ2v) is 11.1. The summed E-state index contributed by atoms with van der Waals surface area (Å²) in [6.07, 6.45) is 4.97. The van der Waals surface area contributed by atoms with E-state index < -0.39 is 17.2 Å². The molecule has 0 unspecified atom stereocenters. The zero-order valence-corrected chi connectivity index (χ0v) is 22.9. The lowest BCUT2D eigenvalue weighted by Gasteiger charge is -2.31. The van der Waals surface area contributed by atoms with Crippen molar-refractivity contribution in [3.8, 4) is 11.9 Å². The zero-order chi connectivity index (χ0) is 28.6. The van der Waals surface area contributed by atoms with Crippen LogP contribution < -0.4 is 4.74 Å². The normalized spacial score (nSPS) is 16.9. The van der Waals surface area contributed by atoms with Crippen molar-refractivity contribution in [2.45, 2.75) is 51.3 Å². The van der Waals surface area contributed by atoms with Crippen LogP contribution in [0.15, 0.2) is 42.6 Å². The molecule has 1 saturated carbocycles. The van der Waals surface area contributed by atoms with Gasteiger partial charge in [0.2, 0.25) is 5.88 Å². The van der Waals surface area contributed by atoms with Crippen LogP contribution in [0.5, 0.6) is 5.88 Å². The number of hydrogen-bond donors (Lipinski definition) is 1. The molecule has 210 valence electrons. The predicted octanol–water partition coefficient (Wildman–Crippen LogP) is 4.65. The first-order valence-electron chi connectivity index (χ1n) is 13.5. The van der Waals surface area contributed by atoms with E-state index in [1.54, 1.807) is 30.5 Å². The Labute approximate surface area is 240 Å². The summed E-state index contributed by atoms with van der Waals surface area (Å²) in [5, 5.41) is 19.5. The Morgan fingerprint density at radius 2 is 1.98 bits per heavy atom. The number of carboxylic acid groups (broad SMARTS) is 1. The second-order valence-electron chi connectivity index (χ2n) is 10.7. The Balaban J connectivity index is 1.11. The van der Waals surface area contributed by atoms with Crippen LogP contribution in [-0.4, -0.2) is 59.7 Å². The minimum Gasteiger partial charge on any atom is -0.477 e. The minimum atomic E-state index is -1.10. The Bertz CT molecular complexity index is 1660. The SMILES string of the molecule is N#CC1(Cn2c(CN3CCC(Oc4ccnc(Cc5ccc(Cl)cc5F)n4)CC3)nc3ccc(C(=O)O)nc32)CC1. The highest BCUT2D eigenvalue weighted by Gasteiger charge is 2.44. The van der Waals surface area contributed by atoms with Crippen LogP contribution in [0.3, 0.4) is 0 Å². The molecule has 1 saturated heterocycles. The number of rotatable bonds is 9. The Morgan fingerprint density at radius 1 is 1.17 bits per heavy atom. The molecule has 1 aliphatic heterocycles. The summed E-state index contributed by atoms with van der Waals surface area (Å²) in [5.41, 5.74) is 1.09. The van der Waals surface area contributed by atoms with Crippen molar-refractivity contribution in [1.82, 2.24) is 29.4 Å². The van der Waals surface area contributed by atoms with Gasteiger partial charge < -0.3 is 14.4 Å². The molecule has 3 aromatic heterocycles. The van der Waals surface area contributed by atoms with Gasteiger partial charge in [-0.2, -0.15) is 10.2 Å². The van der Waals surface area contributed by atoms with E-state index in [9.17, 15) is 19.6 Å². The lowest BCUT2D eigenvalue weighted by Crippen LogP contribution is -2.38. The van der Waals surface area contributed by atoms with E-state index in [1.165, 1.54) is 12.1 Å². The molecule has 4 heterocycles. The van der Waals surface area contributed by atoms with Gasteiger partial charge in [0, 0.05) is 43.3 Å². The fourth-order valence-electron chi connectivity index (χ4n) is 5.14. The molecular weight excluding hydrogens is 549 g/mol. The molecule has 0 atom stereocenters. The Morgan fingerprint density at radius 3 is 2.68 bits per heavy atom. The fraction of sp³-hybridized carbons (Fsp3) is 0.379. The molecule has 10 nitrogen and oxygen atoms in total. The van der Waals surface area contributed by atoms with Crippen molar-refractivity contribution in [2.24, 2.45) is 5.41 Å². The molecule has 2 fully saturated rings. The molecule has 1 N–H and O–H groups in total. The smallest absolute Gasteiger partial charge is 0.354 e. The molecule has 2 aliphatic rings. The van der Waals surface area contributed by atoms with E-state index in [2.05, 4.69) is 25.9 Å². The van der Waals surface area contributed by atoms with Gasteiger partial charge in [0.25, 0.3) is 0 Å². The number of hydrogen-bond acceptors (Lipinski definition) is 8. The van der Waals surface area contributed by atoms with Gasteiger partial charge in [-0.3, -0.25) is 4.90 Å². The number of imidazole rings is 1. The van der Waals surface area contributed by atoms with Gasteiger partial charge in [-0.15, -0.1) is 0 Å². The zero-order valence-electron chi connectivity index (χ0n) is 22.1. The highest BCUT2D eigenvalue weighted by Crippen LogP contribution is 2.47. The average Bonchev–Trinajstić information content (AvgIpc) is 3.67. The van der Waals surface area contributed by atoms with E-state index in [0.717, 1.165) is 44.6 Å². The number of aromatic carboxylic acids is 1. The number of halogens is 2. The van der Waals surface area contributed by atoms with Crippen molar-refractivity contribution in [3.63, 3.8) is 0 Å². The molecule has 0 spiro atoms. The number of likely N-dealkylation sites (tertiary alicyclic amines) is 1. The fourth-order valence-corrected chi connectivity index (χ4v) is 5.29. The molecule has 12 heteroatoms. The van der Waals surface area contributed by atoms with Crippen LogP contribution in [-0.2, 0) is 19.5 Å². The van der Waals surface area contributed by atoms with Crippen molar-refractivity contribution in [1.29, 1.82) is 5.26 Å². The second kappa shape index (κ2) is 11.0. The number of carboxylic acids is 1. The number of aromatic nitrogens is 5. The standard InChI is InChI=1S/C29H27ClFN7O3/c30-19-2-1-18(21(31)14-19)13-24-33-10-5-26(36-24)41-20-6-11-37(12-7-20)15-25-34-22-3-4-23(28(39)40)35-27(22)38(25)17-29(16-32)8-9-29/h1-5,10,14,20H,6-9,11-13,15,17H2,(H,39,40). The Hall–Kier alpha value is -4.14. The van der Waals surface area contributed by atoms with Gasteiger partial charge in [-0.25, -0.2) is 24.1 Å². The minimum absolute atomic E-state index is 0.0341. The highest BCUT2D eigenvalue weighted by atomic mass is 35.5. The van der Waals surface area contributed by atoms with Crippen LogP contribution >= 0.6 is 11.6 Å². The number of piperidine rings is 1. The summed E-state index contributed by atoms with van der Waals surface area (Å²) in [6.45, 7) is 2.52. The molecule has 41 heavy (non-hydrogen) atoms. The van der Waals surface area contributed by atoms with Crippen LogP contribution in [0.2, 0.25) is 5.02 Å². The van der Waals surface area contributed by atoms with Crippen molar-refractivity contribution in [2.75, 3.05) is 13.1 Å². The van der Waals surface area contributed by atoms with Crippen molar-refractivity contribution in [3.05, 3.63) is 76.3 Å². The van der Waals surface area contributed by atoms with Crippen LogP contribution in [0.4, 0.5) is 4.39 Å². The number of benzene rings is 1. The molecule has 0 amide bonds. The van der Waals surface area contributed by atoms with E-state index in [-0.39, 0.29) is 18.2 Å². The van der Waals surface area contributed by atoms with Gasteiger partial charge in [-0.05, 0) is 55.5 Å². The summed E-state index contributed by atoms with van der Waals surface area (Å²) in [5.74, 6) is 0.191. The first-order valence-corrected chi connectivity index (χ1v) is 13.8. The van der Waals surface area contributed by atoms with Gasteiger partial charge in [0.05, 0.1) is 18.0 Å². The quantitative estimate of drug-likeness (QED) is 0.303. The van der Waals surface area contributed by atoms with E-state index in [1.807, 2.05) is 4.57 Å². The first-order chi connectivity index (χ1) is 19.8. The number of ether oxygens (including phenoxy) is 1. The largest absolute Gasteiger partial charge is 0.477 e.